The van der Waals surface area contributed by atoms with Gasteiger partial charge in [-0.3, -0.25) is 4.99 Å². The van der Waals surface area contributed by atoms with Crippen molar-refractivity contribution >= 4 is 36.0 Å². The Morgan fingerprint density at radius 2 is 1.93 bits per heavy atom. The van der Waals surface area contributed by atoms with Crippen LogP contribution in [0.5, 0.6) is 5.75 Å². The quantitative estimate of drug-likeness (QED) is 0.326. The van der Waals surface area contributed by atoms with Crippen molar-refractivity contribution in [2.75, 3.05) is 52.5 Å². The maximum Gasteiger partial charge on any atom is 0.409 e. The number of carbonyl (C=O) groups excluding carboxylic acids is 1. The summed E-state index contributed by atoms with van der Waals surface area (Å²) in [6.45, 7) is 9.84. The zero-order valence-corrected chi connectivity index (χ0v) is 19.8. The number of aliphatic imine (C=N–C) groups is 1. The number of halogens is 1. The summed E-state index contributed by atoms with van der Waals surface area (Å²) in [4.78, 5) is 20.2. The lowest BCUT2D eigenvalue weighted by molar-refractivity contribution is 0.0911. The van der Waals surface area contributed by atoms with E-state index in [0.29, 0.717) is 32.8 Å². The van der Waals surface area contributed by atoms with Crippen LogP contribution in [0.15, 0.2) is 29.3 Å². The van der Waals surface area contributed by atoms with E-state index in [1.54, 1.807) is 11.8 Å². The summed E-state index contributed by atoms with van der Waals surface area (Å²) in [6, 6.07) is 7.73. The van der Waals surface area contributed by atoms with Crippen LogP contribution in [0.3, 0.4) is 0 Å². The minimum atomic E-state index is -0.699. The predicted octanol–water partition coefficient (Wildman–Crippen LogP) is 2.09. The Morgan fingerprint density at radius 3 is 2.55 bits per heavy atom. The first-order chi connectivity index (χ1) is 13.5. The largest absolute Gasteiger partial charge is 0.491 e. The fourth-order valence-corrected chi connectivity index (χ4v) is 2.88. The van der Waals surface area contributed by atoms with Crippen LogP contribution in [0.4, 0.5) is 4.79 Å². The number of carbonyl (C=O) groups is 1. The third-order valence-corrected chi connectivity index (χ3v) is 4.32. The Labute approximate surface area is 190 Å². The van der Waals surface area contributed by atoms with Gasteiger partial charge in [-0.05, 0) is 38.5 Å². The number of aryl methyl sites for hydroxylation is 1. The second-order valence-electron chi connectivity index (χ2n) is 6.65. The van der Waals surface area contributed by atoms with Crippen molar-refractivity contribution in [1.82, 2.24) is 15.1 Å². The van der Waals surface area contributed by atoms with E-state index in [-0.39, 0.29) is 43.2 Å². The second-order valence-corrected chi connectivity index (χ2v) is 6.65. The lowest BCUT2D eigenvalue weighted by atomic mass is 10.2. The monoisotopic (exact) mass is 520 g/mol. The van der Waals surface area contributed by atoms with Gasteiger partial charge in [0.05, 0.1) is 13.2 Å². The number of rotatable bonds is 7. The summed E-state index contributed by atoms with van der Waals surface area (Å²) in [5.41, 5.74) is 1.11. The van der Waals surface area contributed by atoms with Crippen LogP contribution in [0, 0.1) is 6.92 Å². The molecule has 1 amide bonds. The topological polar surface area (TPSA) is 86.6 Å². The van der Waals surface area contributed by atoms with Crippen molar-refractivity contribution in [3.05, 3.63) is 29.8 Å². The van der Waals surface area contributed by atoms with Crippen molar-refractivity contribution in [3.8, 4) is 5.75 Å². The highest BCUT2D eigenvalue weighted by Gasteiger charge is 2.23. The number of amides is 1. The molecule has 8 nitrogen and oxygen atoms in total. The molecular formula is C20H33IN4O4. The number of hydrogen-bond acceptors (Lipinski definition) is 5. The third kappa shape index (κ3) is 8.65. The second kappa shape index (κ2) is 13.5. The minimum absolute atomic E-state index is 0. The molecule has 1 aliphatic rings. The molecule has 29 heavy (non-hydrogen) atoms. The molecule has 9 heteroatoms. The molecule has 0 saturated carbocycles. The van der Waals surface area contributed by atoms with E-state index in [0.717, 1.165) is 23.8 Å². The van der Waals surface area contributed by atoms with E-state index >= 15 is 0 Å². The summed E-state index contributed by atoms with van der Waals surface area (Å²) in [5.74, 6) is 1.48. The van der Waals surface area contributed by atoms with Gasteiger partial charge in [0.2, 0.25) is 0 Å². The number of guanidine groups is 1. The molecule has 0 bridgehead atoms. The van der Waals surface area contributed by atoms with Crippen LogP contribution in [0.1, 0.15) is 19.4 Å². The number of nitrogens with one attached hydrogen (secondary N) is 1. The molecule has 1 unspecified atom stereocenters. The van der Waals surface area contributed by atoms with E-state index in [4.69, 9.17) is 9.47 Å². The van der Waals surface area contributed by atoms with Crippen molar-refractivity contribution in [2.24, 2.45) is 4.99 Å². The molecule has 1 heterocycles. The molecule has 1 aromatic carbocycles. The first-order valence-corrected chi connectivity index (χ1v) is 9.86. The van der Waals surface area contributed by atoms with Crippen LogP contribution >= 0.6 is 24.0 Å². The Kier molecular flexibility index (Phi) is 11.7. The smallest absolute Gasteiger partial charge is 0.409 e. The molecule has 1 aliphatic heterocycles. The SMILES string of the molecule is CCNC(=NCC(O)COc1cccc(C)c1)N1CCN(C(=O)OCC)CC1.I. The molecule has 0 aliphatic carbocycles. The molecule has 1 saturated heterocycles. The van der Waals surface area contributed by atoms with E-state index < -0.39 is 6.10 Å². The normalized spacial score (nSPS) is 15.4. The van der Waals surface area contributed by atoms with Gasteiger partial charge in [0.25, 0.3) is 0 Å². The molecule has 0 aromatic heterocycles. The van der Waals surface area contributed by atoms with Crippen LogP contribution < -0.4 is 10.1 Å². The molecule has 1 aromatic rings. The highest BCUT2D eigenvalue weighted by Crippen LogP contribution is 2.12. The van der Waals surface area contributed by atoms with E-state index in [1.807, 2.05) is 38.1 Å². The molecular weight excluding hydrogens is 487 g/mol. The van der Waals surface area contributed by atoms with Crippen molar-refractivity contribution in [1.29, 1.82) is 0 Å². The van der Waals surface area contributed by atoms with Crippen LogP contribution in [-0.2, 0) is 4.74 Å². The molecule has 0 radical (unpaired) electrons. The molecule has 2 rings (SSSR count). The third-order valence-electron chi connectivity index (χ3n) is 4.32. The van der Waals surface area contributed by atoms with E-state index in [9.17, 15) is 9.90 Å². The van der Waals surface area contributed by atoms with Gasteiger partial charge in [0.1, 0.15) is 18.5 Å². The van der Waals surface area contributed by atoms with Gasteiger partial charge >= 0.3 is 6.09 Å². The predicted molar refractivity (Wildman–Crippen MR) is 124 cm³/mol. The lowest BCUT2D eigenvalue weighted by Crippen LogP contribution is -2.54. The molecule has 1 fully saturated rings. The van der Waals surface area contributed by atoms with Crippen LogP contribution in [0.25, 0.3) is 0 Å². The summed E-state index contributed by atoms with van der Waals surface area (Å²) < 4.78 is 10.7. The number of hydrogen-bond donors (Lipinski definition) is 2. The number of nitrogens with zero attached hydrogens (tertiary/aromatic N) is 3. The average Bonchev–Trinajstić information content (AvgIpc) is 2.70. The first kappa shape index (κ1) is 25.3. The lowest BCUT2D eigenvalue weighted by Gasteiger charge is -2.36. The zero-order chi connectivity index (χ0) is 20.4. The number of aliphatic hydroxyl groups excluding tert-OH is 1. The molecule has 0 spiro atoms. The van der Waals surface area contributed by atoms with Crippen LogP contribution in [0.2, 0.25) is 0 Å². The minimum Gasteiger partial charge on any atom is -0.491 e. The Hall–Kier alpha value is -1.75. The van der Waals surface area contributed by atoms with Crippen molar-refractivity contribution in [3.63, 3.8) is 0 Å². The van der Waals surface area contributed by atoms with E-state index in [1.165, 1.54) is 0 Å². The molecule has 2 N–H and O–H groups in total. The van der Waals surface area contributed by atoms with Crippen LogP contribution in [-0.4, -0.2) is 85.5 Å². The van der Waals surface area contributed by atoms with E-state index in [2.05, 4.69) is 15.2 Å². The maximum atomic E-state index is 11.8. The van der Waals surface area contributed by atoms with Gasteiger partial charge in [0.15, 0.2) is 5.96 Å². The van der Waals surface area contributed by atoms with Gasteiger partial charge < -0.3 is 29.7 Å². The average molecular weight is 520 g/mol. The highest BCUT2D eigenvalue weighted by molar-refractivity contribution is 14.0. The Morgan fingerprint density at radius 1 is 1.24 bits per heavy atom. The number of benzene rings is 1. The molecule has 164 valence electrons. The van der Waals surface area contributed by atoms with Gasteiger partial charge in [-0.15, -0.1) is 24.0 Å². The van der Waals surface area contributed by atoms with Gasteiger partial charge in [0, 0.05) is 32.7 Å². The van der Waals surface area contributed by atoms with Crippen molar-refractivity contribution < 1.29 is 19.4 Å². The van der Waals surface area contributed by atoms with Gasteiger partial charge in [-0.1, -0.05) is 12.1 Å². The van der Waals surface area contributed by atoms with Gasteiger partial charge in [-0.2, -0.15) is 0 Å². The summed E-state index contributed by atoms with van der Waals surface area (Å²) in [6.07, 6.45) is -0.970. The molecule has 1 atom stereocenters. The summed E-state index contributed by atoms with van der Waals surface area (Å²) >= 11 is 0. The Bertz CT molecular complexity index is 651. The summed E-state index contributed by atoms with van der Waals surface area (Å²) in [7, 11) is 0. The number of ether oxygens (including phenoxy) is 2. The fraction of sp³-hybridized carbons (Fsp3) is 0.600. The first-order valence-electron chi connectivity index (χ1n) is 9.86. The Balaban J connectivity index is 0.00000420. The van der Waals surface area contributed by atoms with Crippen molar-refractivity contribution in [2.45, 2.75) is 26.9 Å². The van der Waals surface area contributed by atoms with Gasteiger partial charge in [-0.25, -0.2) is 4.79 Å². The maximum absolute atomic E-state index is 11.8. The number of piperazine rings is 1. The zero-order valence-electron chi connectivity index (χ0n) is 17.5. The number of aliphatic hydroxyl groups is 1. The summed E-state index contributed by atoms with van der Waals surface area (Å²) in [5, 5.41) is 13.5. The fourth-order valence-electron chi connectivity index (χ4n) is 2.88. The standard InChI is InChI=1S/C20H32N4O4.HI/c1-4-21-19(23-9-11-24(12-10-23)20(26)27-5-2)22-14-17(25)15-28-18-8-6-7-16(3)13-18;/h6-8,13,17,25H,4-5,9-12,14-15H2,1-3H3,(H,21,22);1H. The highest BCUT2D eigenvalue weighted by atomic mass is 127.